The monoisotopic (exact) mass is 378 g/mol. The van der Waals surface area contributed by atoms with Gasteiger partial charge in [-0.3, -0.25) is 14.4 Å². The molecule has 0 aromatic heterocycles. The molecular formula is C17H14N8O3. The summed E-state index contributed by atoms with van der Waals surface area (Å²) >= 11 is 0. The highest BCUT2D eigenvalue weighted by Gasteiger charge is 2.13. The molecule has 0 radical (unpaired) electrons. The van der Waals surface area contributed by atoms with E-state index in [2.05, 4.69) is 25.4 Å². The number of hydrogen-bond acceptors (Lipinski definition) is 4. The molecule has 0 aliphatic rings. The van der Waals surface area contributed by atoms with Gasteiger partial charge in [0.05, 0.1) is 0 Å². The zero-order chi connectivity index (χ0) is 20.5. The number of nitrogen functional groups attached to an aromatic ring is 1. The van der Waals surface area contributed by atoms with Gasteiger partial charge in [-0.15, -0.1) is 0 Å². The van der Waals surface area contributed by atoms with E-state index in [0.717, 1.165) is 11.6 Å². The molecule has 28 heavy (non-hydrogen) atoms. The second kappa shape index (κ2) is 9.39. The van der Waals surface area contributed by atoms with Crippen molar-refractivity contribution in [1.29, 1.82) is 0 Å². The SMILES string of the molecule is [N-]=[N+]=NC(=O)c1cc(NC(=O)CCc2ccc(N)cc2)cc(C(=O)N=[N+]=[N-])c1. The first-order valence-electron chi connectivity index (χ1n) is 7.91. The molecule has 0 unspecified atom stereocenters. The van der Waals surface area contributed by atoms with Crippen molar-refractivity contribution < 1.29 is 14.4 Å². The molecular weight excluding hydrogens is 364 g/mol. The van der Waals surface area contributed by atoms with Gasteiger partial charge < -0.3 is 11.1 Å². The van der Waals surface area contributed by atoms with Crippen LogP contribution in [0.1, 0.15) is 32.7 Å². The van der Waals surface area contributed by atoms with E-state index >= 15 is 0 Å². The average Bonchev–Trinajstić information content (AvgIpc) is 2.67. The minimum atomic E-state index is -0.949. The van der Waals surface area contributed by atoms with Crippen LogP contribution in [0.15, 0.2) is 52.7 Å². The Morgan fingerprint density at radius 1 is 0.929 bits per heavy atom. The van der Waals surface area contributed by atoms with Gasteiger partial charge in [-0.1, -0.05) is 12.1 Å². The second-order valence-electron chi connectivity index (χ2n) is 5.58. The smallest absolute Gasteiger partial charge is 0.249 e. The van der Waals surface area contributed by atoms with Gasteiger partial charge in [0.2, 0.25) is 17.7 Å². The molecule has 2 rings (SSSR count). The number of anilines is 2. The maximum absolute atomic E-state index is 12.2. The summed E-state index contributed by atoms with van der Waals surface area (Å²) < 4.78 is 0. The Balaban J connectivity index is 2.19. The molecule has 0 aliphatic carbocycles. The van der Waals surface area contributed by atoms with Crippen LogP contribution in [0.4, 0.5) is 11.4 Å². The Labute approximate surface area is 158 Å². The number of rotatable bonds is 6. The quantitative estimate of drug-likeness (QED) is 0.335. The summed E-state index contributed by atoms with van der Waals surface area (Å²) in [7, 11) is 0. The van der Waals surface area contributed by atoms with Crippen LogP contribution in [-0.4, -0.2) is 17.7 Å². The Kier molecular flexibility index (Phi) is 6.70. The minimum absolute atomic E-state index is 0.123. The number of azide groups is 2. The Bertz CT molecular complexity index is 971. The topological polar surface area (TPSA) is 187 Å². The number of amides is 3. The lowest BCUT2D eigenvalue weighted by Gasteiger charge is -2.09. The molecule has 2 aromatic rings. The van der Waals surface area contributed by atoms with Crippen LogP contribution in [0.25, 0.3) is 20.9 Å². The molecule has 0 aliphatic heterocycles. The fraction of sp³-hybridized carbons (Fsp3) is 0.118. The van der Waals surface area contributed by atoms with E-state index < -0.39 is 11.8 Å². The van der Waals surface area contributed by atoms with Crippen molar-refractivity contribution in [2.75, 3.05) is 11.1 Å². The number of hydrogen-bond donors (Lipinski definition) is 2. The van der Waals surface area contributed by atoms with Crippen LogP contribution in [0.2, 0.25) is 0 Å². The van der Waals surface area contributed by atoms with Gasteiger partial charge >= 0.3 is 0 Å². The van der Waals surface area contributed by atoms with Gasteiger partial charge in [-0.05, 0) is 63.6 Å². The van der Waals surface area contributed by atoms with E-state index in [1.165, 1.54) is 12.1 Å². The van der Waals surface area contributed by atoms with E-state index in [4.69, 9.17) is 16.8 Å². The molecule has 11 heteroatoms. The van der Waals surface area contributed by atoms with Crippen LogP contribution in [0, 0.1) is 0 Å². The lowest BCUT2D eigenvalue weighted by atomic mass is 10.1. The number of carbonyl (C=O) groups is 3. The van der Waals surface area contributed by atoms with Crippen molar-refractivity contribution in [3.63, 3.8) is 0 Å². The first kappa shape index (κ1) is 20.0. The summed E-state index contributed by atoms with van der Waals surface area (Å²) in [6, 6.07) is 10.7. The molecule has 0 atom stereocenters. The predicted molar refractivity (Wildman–Crippen MR) is 101 cm³/mol. The minimum Gasteiger partial charge on any atom is -0.399 e. The molecule has 140 valence electrons. The molecule has 0 fully saturated rings. The fourth-order valence-electron chi connectivity index (χ4n) is 2.31. The van der Waals surface area contributed by atoms with Gasteiger partial charge in [0.1, 0.15) is 0 Å². The summed E-state index contributed by atoms with van der Waals surface area (Å²) in [6.45, 7) is 0. The molecule has 0 bridgehead atoms. The average molecular weight is 378 g/mol. The third kappa shape index (κ3) is 5.60. The maximum atomic E-state index is 12.2. The zero-order valence-corrected chi connectivity index (χ0v) is 14.4. The molecule has 11 nitrogen and oxygen atoms in total. The lowest BCUT2D eigenvalue weighted by Crippen LogP contribution is -2.13. The molecule has 3 amide bonds. The molecule has 2 aromatic carbocycles. The summed E-state index contributed by atoms with van der Waals surface area (Å²) in [5.74, 6) is -2.27. The molecule has 3 N–H and O–H groups in total. The van der Waals surface area contributed by atoms with Crippen molar-refractivity contribution in [3.05, 3.63) is 80.0 Å². The first-order chi connectivity index (χ1) is 13.4. The van der Waals surface area contributed by atoms with Crippen molar-refractivity contribution in [1.82, 2.24) is 0 Å². The van der Waals surface area contributed by atoms with Crippen LogP contribution >= 0.6 is 0 Å². The zero-order valence-electron chi connectivity index (χ0n) is 14.4. The predicted octanol–water partition coefficient (Wildman–Crippen LogP) is 3.74. The standard InChI is InChI=1S/C17H14N8O3/c18-13-4-1-10(2-5-13)3-6-15(26)21-14-8-11(16(27)22-24-19)7-12(9-14)17(28)23-25-20/h1-2,4-5,7-9H,3,6,18H2,(H,21,26). The van der Waals surface area contributed by atoms with Crippen molar-refractivity contribution >= 4 is 29.1 Å². The fourth-order valence-corrected chi connectivity index (χ4v) is 2.31. The number of benzene rings is 2. The second-order valence-corrected chi connectivity index (χ2v) is 5.58. The lowest BCUT2D eigenvalue weighted by molar-refractivity contribution is -0.116. The highest BCUT2D eigenvalue weighted by Crippen LogP contribution is 2.18. The van der Waals surface area contributed by atoms with E-state index in [1.54, 1.807) is 24.3 Å². The van der Waals surface area contributed by atoms with Crippen molar-refractivity contribution in [2.45, 2.75) is 12.8 Å². The van der Waals surface area contributed by atoms with Gasteiger partial charge in [-0.2, -0.15) is 0 Å². The highest BCUT2D eigenvalue weighted by atomic mass is 16.2. The summed E-state index contributed by atoms with van der Waals surface area (Å²) in [5.41, 5.74) is 23.8. The largest absolute Gasteiger partial charge is 0.399 e. The maximum Gasteiger partial charge on any atom is 0.249 e. The van der Waals surface area contributed by atoms with E-state index in [9.17, 15) is 14.4 Å². The van der Waals surface area contributed by atoms with Crippen LogP contribution in [-0.2, 0) is 11.2 Å². The van der Waals surface area contributed by atoms with E-state index in [0.29, 0.717) is 12.1 Å². The first-order valence-corrected chi connectivity index (χ1v) is 7.91. The molecule has 0 spiro atoms. The summed E-state index contributed by atoms with van der Waals surface area (Å²) in [6.07, 6.45) is 0.589. The van der Waals surface area contributed by atoms with Crippen LogP contribution in [0.5, 0.6) is 0 Å². The molecule has 0 saturated carbocycles. The molecule has 0 heterocycles. The van der Waals surface area contributed by atoms with E-state index in [1.807, 2.05) is 0 Å². The Morgan fingerprint density at radius 3 is 1.96 bits per heavy atom. The Hall–Kier alpha value is -4.33. The summed E-state index contributed by atoms with van der Waals surface area (Å²) in [5, 5.41) is 8.46. The normalized spacial score (nSPS) is 9.57. The summed E-state index contributed by atoms with van der Waals surface area (Å²) in [4.78, 5) is 40.6. The van der Waals surface area contributed by atoms with Gasteiger partial charge in [0.15, 0.2) is 0 Å². The number of carbonyl (C=O) groups excluding carboxylic acids is 3. The number of aryl methyl sites for hydroxylation is 1. The van der Waals surface area contributed by atoms with Crippen LogP contribution < -0.4 is 11.1 Å². The highest BCUT2D eigenvalue weighted by molar-refractivity contribution is 6.03. The third-order valence-electron chi connectivity index (χ3n) is 3.60. The van der Waals surface area contributed by atoms with Crippen molar-refractivity contribution in [3.8, 4) is 0 Å². The van der Waals surface area contributed by atoms with E-state index in [-0.39, 0.29) is 29.1 Å². The van der Waals surface area contributed by atoms with Crippen LogP contribution in [0.3, 0.4) is 0 Å². The third-order valence-corrected chi connectivity index (χ3v) is 3.60. The van der Waals surface area contributed by atoms with Crippen molar-refractivity contribution in [2.24, 2.45) is 10.2 Å². The van der Waals surface area contributed by atoms with Gasteiger partial charge in [-0.25, -0.2) is 0 Å². The number of nitrogens with one attached hydrogen (secondary N) is 1. The van der Waals surface area contributed by atoms with Gasteiger partial charge in [0.25, 0.3) is 0 Å². The van der Waals surface area contributed by atoms with Gasteiger partial charge in [0, 0.05) is 38.7 Å². The number of nitrogens with zero attached hydrogens (tertiary/aromatic N) is 6. The Morgan fingerprint density at radius 2 is 1.46 bits per heavy atom. The molecule has 0 saturated heterocycles. The number of nitrogens with two attached hydrogens (primary N) is 1.